The molecule has 4 aliphatic carbocycles. The number of carbonyl (C=O) groups is 12. The lowest BCUT2D eigenvalue weighted by Crippen LogP contribution is -2.68. The Morgan fingerprint density at radius 2 is 1.27 bits per heavy atom. The molecule has 0 radical (unpaired) electrons. The van der Waals surface area contributed by atoms with Gasteiger partial charge in [0.2, 0.25) is 70.9 Å². The van der Waals surface area contributed by atoms with E-state index in [1.165, 1.54) is 76.6 Å². The van der Waals surface area contributed by atoms with Crippen molar-refractivity contribution in [1.29, 1.82) is 0 Å². The number of hydrogen-bond donors (Lipinski definition) is 3. The Morgan fingerprint density at radius 1 is 0.633 bits per heavy atom. The highest BCUT2D eigenvalue weighted by Crippen LogP contribution is 2.45. The standard InChI is InChI=1S/C78H125ClF4N12O14/c1-14-47(5)66-74(105)88(9)45-65(98)89(10)58-24-17-16-20-35-94(73(58)104)62(38-51-25-29-53(80)30-26-51)71(102)87(8)44-63(96)84-57(32-28-50-27-31-55(56(79)37-50)78(81,82)83)70(101)95-43-54(108-15-2)39-60(95)69(100)86-77(33-21-34-77)76(107)92(13)67(52-22-18-19-23-52)75(106)91(12)61(72(103)93-41-48(6)109-49(7)42-93)40-64(97)90(11)59(36-46(3)4)68(99)85-66/h46-62,66-67H,14-45H2,1-13H3,(H,84,96)(H,85,99)(H,86,100)/t47-,48-,49+,50?,51?,53?,54+,55?,56?,57-,58-,59-,60-,61-,62-,66-,67-/m0/s1. The van der Waals surface area contributed by atoms with Crippen molar-refractivity contribution < 1.29 is 84.6 Å². The molecule has 109 heavy (non-hydrogen) atoms. The Balaban J connectivity index is 1.21. The number of ether oxygens (including phenoxy) is 2. The summed E-state index contributed by atoms with van der Waals surface area (Å²) in [5.41, 5.74) is -1.61. The van der Waals surface area contributed by atoms with E-state index in [0.717, 1.165) is 4.90 Å². The number of alkyl halides is 5. The van der Waals surface area contributed by atoms with E-state index in [1.54, 1.807) is 32.6 Å². The molecule has 0 aromatic carbocycles. The topological polar surface area (TPSA) is 289 Å². The van der Waals surface area contributed by atoms with Crippen LogP contribution in [0.5, 0.6) is 0 Å². The van der Waals surface area contributed by atoms with Crippen LogP contribution in [0.25, 0.3) is 0 Å². The number of nitrogens with zero attached hydrogens (tertiary/aromatic N) is 9. The van der Waals surface area contributed by atoms with Gasteiger partial charge < -0.3 is 69.5 Å². The van der Waals surface area contributed by atoms with Gasteiger partial charge >= 0.3 is 6.18 Å². The number of fused-ring (bicyclic) bond motifs is 3. The smallest absolute Gasteiger partial charge is 0.377 e. The van der Waals surface area contributed by atoms with E-state index >= 15 is 43.2 Å². The number of hydrogen-bond acceptors (Lipinski definition) is 14. The zero-order valence-corrected chi connectivity index (χ0v) is 67.5. The number of amides is 12. The first-order valence-electron chi connectivity index (χ1n) is 40.4. The second-order valence-corrected chi connectivity index (χ2v) is 34.1. The van der Waals surface area contributed by atoms with E-state index in [4.69, 9.17) is 21.1 Å². The summed E-state index contributed by atoms with van der Waals surface area (Å²) in [6.07, 6.45) is -1.26. The number of carbonyl (C=O) groups excluding carboxylic acids is 12. The molecule has 26 nitrogen and oxygen atoms in total. The third-order valence-corrected chi connectivity index (χ3v) is 25.5. The van der Waals surface area contributed by atoms with Gasteiger partial charge in [0.1, 0.15) is 60.0 Å². The fourth-order valence-corrected chi connectivity index (χ4v) is 18.7. The molecule has 0 aromatic heterocycles. The maximum Gasteiger partial charge on any atom is 0.393 e. The van der Waals surface area contributed by atoms with E-state index in [-0.39, 0.29) is 128 Å². The average Bonchev–Trinajstić information content (AvgIpc) is 1.68. The van der Waals surface area contributed by atoms with E-state index in [9.17, 15) is 31.9 Å². The lowest BCUT2D eigenvalue weighted by Gasteiger charge is -2.47. The fourth-order valence-electron chi connectivity index (χ4n) is 18.1. The quantitative estimate of drug-likeness (QED) is 0.129. The van der Waals surface area contributed by atoms with Gasteiger partial charge in [-0.3, -0.25) is 57.5 Å². The van der Waals surface area contributed by atoms with Gasteiger partial charge in [-0.15, -0.1) is 11.6 Å². The summed E-state index contributed by atoms with van der Waals surface area (Å²) in [5, 5.41) is 7.56. The fraction of sp³-hybridized carbons (Fsp3) is 0.846. The van der Waals surface area contributed by atoms with Gasteiger partial charge in [-0.05, 0) is 166 Å². The molecule has 4 aliphatic heterocycles. The summed E-state index contributed by atoms with van der Waals surface area (Å²) in [4.78, 5) is 195. The predicted molar refractivity (Wildman–Crippen MR) is 399 cm³/mol. The first-order valence-corrected chi connectivity index (χ1v) is 40.8. The summed E-state index contributed by atoms with van der Waals surface area (Å²) in [6.45, 7) is 11.8. The number of morpholine rings is 1. The largest absolute Gasteiger partial charge is 0.393 e. The second kappa shape index (κ2) is 38.9. The van der Waals surface area contributed by atoms with Crippen molar-refractivity contribution >= 4 is 82.5 Å². The van der Waals surface area contributed by atoms with E-state index in [1.807, 2.05) is 20.8 Å². The van der Waals surface area contributed by atoms with Gasteiger partial charge in [0.05, 0.1) is 43.7 Å². The molecule has 1 spiro atoms. The zero-order valence-electron chi connectivity index (χ0n) is 66.7. The van der Waals surface area contributed by atoms with Crippen LogP contribution in [0.15, 0.2) is 0 Å². The van der Waals surface area contributed by atoms with Crippen molar-refractivity contribution in [3.63, 3.8) is 0 Å². The molecule has 3 N–H and O–H groups in total. The van der Waals surface area contributed by atoms with Crippen molar-refractivity contribution in [1.82, 2.24) is 60.0 Å². The monoisotopic (exact) mass is 1560 g/mol. The number of rotatable bonds is 13. The van der Waals surface area contributed by atoms with Crippen LogP contribution < -0.4 is 16.0 Å². The van der Waals surface area contributed by atoms with E-state index in [2.05, 4.69) is 16.0 Å². The lowest BCUT2D eigenvalue weighted by molar-refractivity contribution is -0.182. The summed E-state index contributed by atoms with van der Waals surface area (Å²) in [5.74, 6) is -11.6. The van der Waals surface area contributed by atoms with Crippen LogP contribution in [0.1, 0.15) is 209 Å². The SMILES string of the molecule is CCO[C@@H]1C[C@H]2C(=O)NC3(CCC3)C(=O)N(C)[C@@H](C3CCCC3)C(=O)N(C)[C@H](C(=O)N3C[C@@H](C)O[C@@H](C)C3)CC(=O)N(C)[C@@H](CC(C)C)C(=O)N[C@@H]([C@@H](C)CC)C(=O)N(C)CC(=O)N(C)[C@H]3CCCCCN(C3=O)[C@@H](CC3CCC(F)CC3)C(=O)N(C)CC(=O)N[C@@H](CCC3CCC(C(F)(F)F)C(Cl)C3)C(=O)N2C1. The van der Waals surface area contributed by atoms with Crippen LogP contribution in [0, 0.1) is 35.5 Å². The van der Waals surface area contributed by atoms with E-state index in [0.29, 0.717) is 70.6 Å². The minimum Gasteiger partial charge on any atom is -0.377 e. The Morgan fingerprint density at radius 3 is 1.86 bits per heavy atom. The molecule has 3 unspecified atom stereocenters. The molecular weight excluding hydrogens is 1440 g/mol. The Hall–Kier alpha value is -6.43. The van der Waals surface area contributed by atoms with Crippen LogP contribution in [0.3, 0.4) is 0 Å². The molecule has 8 rings (SSSR count). The molecule has 4 heterocycles. The van der Waals surface area contributed by atoms with Gasteiger partial charge in [0.15, 0.2) is 0 Å². The van der Waals surface area contributed by atoms with Crippen LogP contribution in [-0.4, -0.2) is 293 Å². The first-order chi connectivity index (χ1) is 51.4. The summed E-state index contributed by atoms with van der Waals surface area (Å²) in [6, 6.07) is -10.3. The van der Waals surface area contributed by atoms with Crippen LogP contribution in [0.4, 0.5) is 17.6 Å². The minimum absolute atomic E-state index is 0.0418. The molecule has 12 amide bonds. The second-order valence-electron chi connectivity index (χ2n) is 33.5. The minimum atomic E-state index is -4.54. The Labute approximate surface area is 646 Å². The third kappa shape index (κ3) is 21.9. The van der Waals surface area contributed by atoms with Gasteiger partial charge in [-0.2, -0.15) is 13.2 Å². The van der Waals surface area contributed by atoms with Gasteiger partial charge in [-0.1, -0.05) is 59.8 Å². The Bertz CT molecular complexity index is 3200. The highest BCUT2D eigenvalue weighted by molar-refractivity contribution is 6.21. The van der Waals surface area contributed by atoms with Gasteiger partial charge in [0.25, 0.3) is 0 Å². The molecule has 8 fully saturated rings. The summed E-state index contributed by atoms with van der Waals surface area (Å²) >= 11 is 6.46. The molecular formula is C78H125ClF4N12O14. The van der Waals surface area contributed by atoms with E-state index < -0.39 is 204 Å². The summed E-state index contributed by atoms with van der Waals surface area (Å²) < 4.78 is 69.4. The van der Waals surface area contributed by atoms with Gasteiger partial charge in [0, 0.05) is 86.9 Å². The van der Waals surface area contributed by atoms with Crippen LogP contribution in [-0.2, 0) is 67.0 Å². The maximum absolute atomic E-state index is 15.9. The average molecular weight is 1570 g/mol. The highest BCUT2D eigenvalue weighted by Gasteiger charge is 2.55. The van der Waals surface area contributed by atoms with Crippen LogP contribution >= 0.6 is 11.6 Å². The van der Waals surface area contributed by atoms with Crippen molar-refractivity contribution in [2.75, 3.05) is 88.2 Å². The van der Waals surface area contributed by atoms with Crippen molar-refractivity contribution in [2.24, 2.45) is 35.5 Å². The molecule has 15 atom stereocenters. The van der Waals surface area contributed by atoms with Crippen molar-refractivity contribution in [2.45, 2.75) is 299 Å². The lowest BCUT2D eigenvalue weighted by atomic mass is 9.74. The highest BCUT2D eigenvalue weighted by atomic mass is 35.5. The van der Waals surface area contributed by atoms with Crippen molar-refractivity contribution in [3.05, 3.63) is 0 Å². The van der Waals surface area contributed by atoms with Crippen LogP contribution in [0.2, 0.25) is 0 Å². The van der Waals surface area contributed by atoms with Crippen molar-refractivity contribution in [3.8, 4) is 0 Å². The number of halogens is 5. The third-order valence-electron chi connectivity index (χ3n) is 25.0. The Kier molecular flexibility index (Phi) is 31.4. The molecule has 0 aromatic rings. The molecule has 31 heteroatoms. The van der Waals surface area contributed by atoms with Gasteiger partial charge in [-0.25, -0.2) is 4.39 Å². The first kappa shape index (κ1) is 88.1. The number of nitrogens with one attached hydrogen (secondary N) is 3. The normalized spacial score (nSPS) is 33.1. The summed E-state index contributed by atoms with van der Waals surface area (Å²) in [7, 11) is 8.57. The number of likely N-dealkylation sites (N-methyl/N-ethyl adjacent to an activating group) is 6. The predicted octanol–water partition coefficient (Wildman–Crippen LogP) is 6.60. The molecule has 2 bridgehead atoms. The zero-order chi connectivity index (χ0) is 80.3. The molecule has 4 saturated carbocycles. The maximum atomic E-state index is 15.9. The molecule has 8 aliphatic rings. The molecule has 4 saturated heterocycles. The molecule has 616 valence electrons.